The van der Waals surface area contributed by atoms with Crippen LogP contribution in [0.4, 0.5) is 10.1 Å². The Morgan fingerprint density at radius 2 is 2.17 bits per heavy atom. The van der Waals surface area contributed by atoms with E-state index in [9.17, 15) is 4.39 Å². The van der Waals surface area contributed by atoms with E-state index in [1.165, 1.54) is 6.07 Å². The largest absolute Gasteiger partial charge is 0.362 e. The topological polar surface area (TPSA) is 3.24 Å². The number of alkyl halides is 1. The van der Waals surface area contributed by atoms with Gasteiger partial charge in [0.2, 0.25) is 0 Å². The summed E-state index contributed by atoms with van der Waals surface area (Å²) in [5.41, 5.74) is 1.20. The summed E-state index contributed by atoms with van der Waals surface area (Å²) in [7, 11) is 1.82. The summed E-state index contributed by atoms with van der Waals surface area (Å²) in [5, 5.41) is 0. The predicted octanol–water partition coefficient (Wildman–Crippen LogP) is 3.38. The molecule has 0 atom stereocenters. The second-order valence-corrected chi connectivity index (χ2v) is 3.83. The van der Waals surface area contributed by atoms with Crippen molar-refractivity contribution in [1.82, 2.24) is 0 Å². The summed E-state index contributed by atoms with van der Waals surface area (Å²) in [6.07, 6.45) is 0. The van der Waals surface area contributed by atoms with Gasteiger partial charge in [0, 0.05) is 11.5 Å². The average Bonchev–Trinajstić information content (AvgIpc) is 2.08. The summed E-state index contributed by atoms with van der Waals surface area (Å²) in [4.78, 5) is 1.78. The minimum atomic E-state index is -0.208. The van der Waals surface area contributed by atoms with Crippen molar-refractivity contribution in [3.63, 3.8) is 0 Å². The van der Waals surface area contributed by atoms with Crippen LogP contribution in [0.15, 0.2) is 22.7 Å². The molecular weight excluding hydrogens is 289 g/mol. The number of nitrogens with zero attached hydrogens (tertiary/aromatic N) is 1. The third kappa shape index (κ3) is 2.20. The van der Waals surface area contributed by atoms with Crippen LogP contribution in [0.3, 0.4) is 0 Å². The Morgan fingerprint density at radius 1 is 1.50 bits per heavy atom. The van der Waals surface area contributed by atoms with Crippen LogP contribution in [0.1, 0.15) is 0 Å². The maximum Gasteiger partial charge on any atom is 0.146 e. The zero-order chi connectivity index (χ0) is 9.14. The van der Waals surface area contributed by atoms with E-state index >= 15 is 0 Å². The van der Waals surface area contributed by atoms with E-state index < -0.39 is 0 Å². The van der Waals surface area contributed by atoms with E-state index in [1.54, 1.807) is 17.0 Å². The summed E-state index contributed by atoms with van der Waals surface area (Å²) in [5.74, 6) is -0.208. The number of halogens is 3. The summed E-state index contributed by atoms with van der Waals surface area (Å²) >= 11 is 6.54. The Balaban J connectivity index is 3.04. The van der Waals surface area contributed by atoms with Crippen LogP contribution in [0.25, 0.3) is 0 Å². The van der Waals surface area contributed by atoms with E-state index in [0.29, 0.717) is 11.1 Å². The van der Waals surface area contributed by atoms with Crippen molar-refractivity contribution in [2.75, 3.05) is 17.4 Å². The molecule has 0 unspecified atom stereocenters. The van der Waals surface area contributed by atoms with Crippen molar-refractivity contribution in [3.8, 4) is 0 Å². The van der Waals surface area contributed by atoms with Crippen LogP contribution >= 0.6 is 31.9 Å². The first-order valence-corrected chi connectivity index (χ1v) is 5.28. The van der Waals surface area contributed by atoms with Gasteiger partial charge in [-0.1, -0.05) is 31.9 Å². The molecule has 1 aromatic carbocycles. The Bertz CT molecular complexity index is 278. The zero-order valence-electron chi connectivity index (χ0n) is 6.52. The lowest BCUT2D eigenvalue weighted by Gasteiger charge is -2.16. The van der Waals surface area contributed by atoms with Gasteiger partial charge in [-0.2, -0.15) is 0 Å². The molecule has 0 aliphatic heterocycles. The lowest BCUT2D eigenvalue weighted by molar-refractivity contribution is 0.625. The smallest absolute Gasteiger partial charge is 0.146 e. The third-order valence-corrected chi connectivity index (χ3v) is 2.74. The molecule has 0 saturated heterocycles. The van der Waals surface area contributed by atoms with Gasteiger partial charge in [-0.3, -0.25) is 0 Å². The molecular formula is C8H8Br2FN. The number of rotatable bonds is 2. The second kappa shape index (κ2) is 4.23. The molecule has 4 heteroatoms. The Hall–Kier alpha value is -0.0900. The quantitative estimate of drug-likeness (QED) is 0.597. The summed E-state index contributed by atoms with van der Waals surface area (Å²) < 4.78 is 14.0. The normalized spacial score (nSPS) is 10.0. The highest BCUT2D eigenvalue weighted by atomic mass is 79.9. The van der Waals surface area contributed by atoms with Crippen molar-refractivity contribution in [1.29, 1.82) is 0 Å². The highest BCUT2D eigenvalue weighted by molar-refractivity contribution is 9.10. The van der Waals surface area contributed by atoms with Crippen LogP contribution < -0.4 is 4.90 Å². The maximum absolute atomic E-state index is 13.1. The number of hydrogen-bond donors (Lipinski definition) is 0. The van der Waals surface area contributed by atoms with E-state index in [0.717, 1.165) is 4.47 Å². The van der Waals surface area contributed by atoms with Crippen molar-refractivity contribution in [3.05, 3.63) is 28.5 Å². The second-order valence-electron chi connectivity index (χ2n) is 2.41. The average molecular weight is 297 g/mol. The number of benzene rings is 1. The molecule has 0 aromatic heterocycles. The molecule has 1 aromatic rings. The standard InChI is InChI=1S/C8H8Br2FN/c1-12(5-9)8-4-6(10)2-3-7(8)11/h2-4H,5H2,1H3. The van der Waals surface area contributed by atoms with Gasteiger partial charge in [0.25, 0.3) is 0 Å². The van der Waals surface area contributed by atoms with Crippen LogP contribution in [-0.4, -0.2) is 12.5 Å². The van der Waals surface area contributed by atoms with E-state index in [2.05, 4.69) is 31.9 Å². The van der Waals surface area contributed by atoms with Crippen LogP contribution in [-0.2, 0) is 0 Å². The molecule has 12 heavy (non-hydrogen) atoms. The zero-order valence-corrected chi connectivity index (χ0v) is 9.69. The molecule has 1 rings (SSSR count). The fourth-order valence-electron chi connectivity index (χ4n) is 0.843. The van der Waals surface area contributed by atoms with Gasteiger partial charge in [0.1, 0.15) is 5.82 Å². The number of hydrogen-bond acceptors (Lipinski definition) is 1. The lowest BCUT2D eigenvalue weighted by atomic mass is 10.3. The molecule has 0 spiro atoms. The molecule has 0 amide bonds. The molecule has 0 saturated carbocycles. The van der Waals surface area contributed by atoms with E-state index in [4.69, 9.17) is 0 Å². The predicted molar refractivity (Wildman–Crippen MR) is 56.3 cm³/mol. The summed E-state index contributed by atoms with van der Waals surface area (Å²) in [6.45, 7) is 0. The van der Waals surface area contributed by atoms with Gasteiger partial charge in [-0.15, -0.1) is 0 Å². The minimum absolute atomic E-state index is 0.208. The fourth-order valence-corrected chi connectivity index (χ4v) is 1.46. The molecule has 0 radical (unpaired) electrons. The first kappa shape index (κ1) is 9.99. The van der Waals surface area contributed by atoms with Gasteiger partial charge in [-0.05, 0) is 18.2 Å². The SMILES string of the molecule is CN(CBr)c1cc(Br)ccc1F. The van der Waals surface area contributed by atoms with Crippen molar-refractivity contribution >= 4 is 37.5 Å². The molecule has 0 fully saturated rings. The molecule has 0 bridgehead atoms. The van der Waals surface area contributed by atoms with Gasteiger partial charge < -0.3 is 4.90 Å². The number of anilines is 1. The first-order chi connectivity index (χ1) is 5.65. The Labute approximate surface area is 87.8 Å². The highest BCUT2D eigenvalue weighted by Crippen LogP contribution is 2.23. The Kier molecular flexibility index (Phi) is 3.53. The van der Waals surface area contributed by atoms with Gasteiger partial charge >= 0.3 is 0 Å². The minimum Gasteiger partial charge on any atom is -0.362 e. The van der Waals surface area contributed by atoms with Crippen molar-refractivity contribution in [2.24, 2.45) is 0 Å². The monoisotopic (exact) mass is 295 g/mol. The molecule has 0 N–H and O–H groups in total. The van der Waals surface area contributed by atoms with E-state index in [1.807, 2.05) is 7.05 Å². The van der Waals surface area contributed by atoms with Crippen LogP contribution in [0.2, 0.25) is 0 Å². The fraction of sp³-hybridized carbons (Fsp3) is 0.250. The highest BCUT2D eigenvalue weighted by Gasteiger charge is 2.05. The van der Waals surface area contributed by atoms with Gasteiger partial charge in [-0.25, -0.2) is 4.39 Å². The van der Waals surface area contributed by atoms with Crippen molar-refractivity contribution in [2.45, 2.75) is 0 Å². The van der Waals surface area contributed by atoms with Crippen LogP contribution in [0.5, 0.6) is 0 Å². The maximum atomic E-state index is 13.1. The van der Waals surface area contributed by atoms with Gasteiger partial charge in [0.05, 0.1) is 11.1 Å². The molecule has 66 valence electrons. The third-order valence-electron chi connectivity index (χ3n) is 1.50. The summed E-state index contributed by atoms with van der Waals surface area (Å²) in [6, 6.07) is 4.87. The van der Waals surface area contributed by atoms with Crippen molar-refractivity contribution < 1.29 is 4.39 Å². The Morgan fingerprint density at radius 3 is 2.75 bits per heavy atom. The lowest BCUT2D eigenvalue weighted by Crippen LogP contribution is -2.15. The molecule has 0 aliphatic rings. The van der Waals surface area contributed by atoms with Crippen LogP contribution in [0, 0.1) is 5.82 Å². The molecule has 0 heterocycles. The molecule has 0 aliphatic carbocycles. The first-order valence-electron chi connectivity index (χ1n) is 3.37. The van der Waals surface area contributed by atoms with Gasteiger partial charge in [0.15, 0.2) is 0 Å². The van der Waals surface area contributed by atoms with E-state index in [-0.39, 0.29) is 5.82 Å². The molecule has 1 nitrogen and oxygen atoms in total.